The molecular formula is C20H21NO6. The van der Waals surface area contributed by atoms with Crippen LogP contribution in [0.3, 0.4) is 0 Å². The maximum atomic E-state index is 12.1. The molecule has 0 saturated heterocycles. The van der Waals surface area contributed by atoms with Crippen LogP contribution in [0.25, 0.3) is 0 Å². The lowest BCUT2D eigenvalue weighted by Crippen LogP contribution is -2.19. The molecular weight excluding hydrogens is 350 g/mol. The second kappa shape index (κ2) is 9.47. The van der Waals surface area contributed by atoms with E-state index in [-0.39, 0.29) is 18.1 Å². The molecule has 0 heterocycles. The van der Waals surface area contributed by atoms with Crippen molar-refractivity contribution in [1.29, 1.82) is 0 Å². The van der Waals surface area contributed by atoms with E-state index in [0.29, 0.717) is 17.2 Å². The zero-order chi connectivity index (χ0) is 19.8. The van der Waals surface area contributed by atoms with Gasteiger partial charge < -0.3 is 9.47 Å². The molecule has 0 bridgehead atoms. The van der Waals surface area contributed by atoms with Crippen LogP contribution in [-0.2, 0) is 9.53 Å². The number of Topliss-reactive ketones (excluding diaryl/α,β-unsaturated/α-hetero) is 1. The molecule has 2 rings (SSSR count). The first-order valence-corrected chi connectivity index (χ1v) is 8.56. The number of benzene rings is 2. The lowest BCUT2D eigenvalue weighted by atomic mass is 9.97. The highest BCUT2D eigenvalue weighted by atomic mass is 16.6. The predicted molar refractivity (Wildman–Crippen MR) is 99.0 cm³/mol. The maximum Gasteiger partial charge on any atom is 0.344 e. The Kier molecular flexibility index (Phi) is 7.05. The van der Waals surface area contributed by atoms with E-state index in [4.69, 9.17) is 9.47 Å². The van der Waals surface area contributed by atoms with Gasteiger partial charge in [0, 0.05) is 17.7 Å². The molecule has 142 valence electrons. The van der Waals surface area contributed by atoms with Crippen molar-refractivity contribution in [2.45, 2.75) is 26.2 Å². The number of carbonyl (C=O) groups excluding carboxylic acids is 2. The van der Waals surface area contributed by atoms with Crippen LogP contribution in [-0.4, -0.2) is 29.9 Å². The van der Waals surface area contributed by atoms with Crippen LogP contribution in [0.4, 0.5) is 5.69 Å². The van der Waals surface area contributed by atoms with Crippen LogP contribution in [0.2, 0.25) is 0 Å². The van der Waals surface area contributed by atoms with Gasteiger partial charge in [0.05, 0.1) is 4.92 Å². The summed E-state index contributed by atoms with van der Waals surface area (Å²) in [6.07, 6.45) is 1.01. The summed E-state index contributed by atoms with van der Waals surface area (Å²) < 4.78 is 10.1. The predicted octanol–water partition coefficient (Wildman–Crippen LogP) is 3.91. The number of non-ortho nitro benzene ring substituents is 1. The summed E-state index contributed by atoms with van der Waals surface area (Å²) >= 11 is 0. The summed E-state index contributed by atoms with van der Waals surface area (Å²) in [5, 5.41) is 10.6. The Morgan fingerprint density at radius 1 is 1.04 bits per heavy atom. The lowest BCUT2D eigenvalue weighted by molar-refractivity contribution is -0.384. The molecule has 7 nitrogen and oxygen atoms in total. The molecule has 0 fully saturated rings. The Morgan fingerprint density at radius 3 is 2.22 bits per heavy atom. The Hall–Kier alpha value is -3.22. The van der Waals surface area contributed by atoms with Gasteiger partial charge in [-0.1, -0.05) is 38.1 Å². The normalized spacial score (nSPS) is 11.5. The maximum absolute atomic E-state index is 12.1. The Morgan fingerprint density at radius 2 is 1.67 bits per heavy atom. The lowest BCUT2D eigenvalue weighted by Gasteiger charge is -2.10. The quantitative estimate of drug-likeness (QED) is 0.287. The summed E-state index contributed by atoms with van der Waals surface area (Å²) in [7, 11) is 0. The van der Waals surface area contributed by atoms with E-state index in [2.05, 4.69) is 13.8 Å². The van der Waals surface area contributed by atoms with Gasteiger partial charge in [-0.2, -0.15) is 0 Å². The van der Waals surface area contributed by atoms with E-state index in [0.717, 1.165) is 12.0 Å². The van der Waals surface area contributed by atoms with E-state index in [1.807, 2.05) is 12.1 Å². The number of hydrogen-bond donors (Lipinski definition) is 0. The van der Waals surface area contributed by atoms with Gasteiger partial charge in [-0.15, -0.1) is 0 Å². The monoisotopic (exact) mass is 371 g/mol. The minimum absolute atomic E-state index is 0.0742. The van der Waals surface area contributed by atoms with Gasteiger partial charge in [-0.05, 0) is 30.0 Å². The smallest absolute Gasteiger partial charge is 0.344 e. The van der Waals surface area contributed by atoms with Crippen molar-refractivity contribution in [2.75, 3.05) is 13.2 Å². The first-order chi connectivity index (χ1) is 12.9. The van der Waals surface area contributed by atoms with E-state index in [9.17, 15) is 19.7 Å². The van der Waals surface area contributed by atoms with Crippen molar-refractivity contribution >= 4 is 17.4 Å². The molecule has 0 aliphatic carbocycles. The van der Waals surface area contributed by atoms with Crippen molar-refractivity contribution in [3.63, 3.8) is 0 Å². The highest BCUT2D eigenvalue weighted by molar-refractivity contribution is 5.98. The standard InChI is InChI=1S/C20H21NO6/c1-3-14(2)15-4-6-16(7-5-15)19(22)12-27-20(23)13-26-18-10-8-17(9-11-18)21(24)25/h4-11,14H,3,12-13H2,1-2H3/t14-/m1/s1. The fraction of sp³-hybridized carbons (Fsp3) is 0.300. The molecule has 0 saturated carbocycles. The molecule has 0 amide bonds. The van der Waals surface area contributed by atoms with E-state index >= 15 is 0 Å². The zero-order valence-electron chi connectivity index (χ0n) is 15.2. The average molecular weight is 371 g/mol. The topological polar surface area (TPSA) is 95.7 Å². The summed E-state index contributed by atoms with van der Waals surface area (Å²) in [5.41, 5.74) is 1.56. The number of nitro groups is 1. The molecule has 0 aromatic heterocycles. The minimum Gasteiger partial charge on any atom is -0.482 e. The van der Waals surface area contributed by atoms with Crippen molar-refractivity contribution in [3.05, 3.63) is 69.8 Å². The Labute approximate surface area is 157 Å². The number of ether oxygens (including phenoxy) is 2. The summed E-state index contributed by atoms with van der Waals surface area (Å²) in [6.45, 7) is 3.45. The third-order valence-corrected chi connectivity index (χ3v) is 4.18. The van der Waals surface area contributed by atoms with E-state index in [1.165, 1.54) is 24.3 Å². The Bertz CT molecular complexity index is 798. The highest BCUT2D eigenvalue weighted by Crippen LogP contribution is 2.19. The second-order valence-corrected chi connectivity index (χ2v) is 6.05. The number of nitrogens with zero attached hydrogens (tertiary/aromatic N) is 1. The van der Waals surface area contributed by atoms with Crippen molar-refractivity contribution in [3.8, 4) is 5.75 Å². The number of hydrogen-bond acceptors (Lipinski definition) is 6. The molecule has 7 heteroatoms. The Balaban J connectivity index is 1.79. The van der Waals surface area contributed by atoms with Gasteiger partial charge in [0.15, 0.2) is 19.0 Å². The molecule has 0 N–H and O–H groups in total. The van der Waals surface area contributed by atoms with E-state index < -0.39 is 17.5 Å². The van der Waals surface area contributed by atoms with Crippen LogP contribution in [0.1, 0.15) is 42.1 Å². The van der Waals surface area contributed by atoms with Gasteiger partial charge in [-0.25, -0.2) is 4.79 Å². The summed E-state index contributed by atoms with van der Waals surface area (Å²) in [5.74, 6) is -0.277. The van der Waals surface area contributed by atoms with E-state index in [1.54, 1.807) is 12.1 Å². The van der Waals surface area contributed by atoms with Gasteiger partial charge in [-0.3, -0.25) is 14.9 Å². The van der Waals surface area contributed by atoms with Crippen LogP contribution in [0.5, 0.6) is 5.75 Å². The SMILES string of the molecule is CC[C@@H](C)c1ccc(C(=O)COC(=O)COc2ccc([N+](=O)[O-])cc2)cc1. The van der Waals surface area contributed by atoms with Gasteiger partial charge in [0.25, 0.3) is 5.69 Å². The van der Waals surface area contributed by atoms with Crippen LogP contribution < -0.4 is 4.74 Å². The molecule has 1 atom stereocenters. The fourth-order valence-corrected chi connectivity index (χ4v) is 2.31. The number of esters is 1. The number of nitro benzene ring substituents is 1. The molecule has 2 aromatic carbocycles. The molecule has 0 radical (unpaired) electrons. The van der Waals surface area contributed by atoms with Crippen molar-refractivity contribution < 1.29 is 24.0 Å². The molecule has 0 aliphatic rings. The number of rotatable bonds is 9. The molecule has 0 spiro atoms. The summed E-state index contributed by atoms with van der Waals surface area (Å²) in [6, 6.07) is 12.6. The second-order valence-electron chi connectivity index (χ2n) is 6.05. The molecule has 0 aliphatic heterocycles. The molecule has 2 aromatic rings. The van der Waals surface area contributed by atoms with Gasteiger partial charge in [0.2, 0.25) is 0 Å². The average Bonchev–Trinajstić information content (AvgIpc) is 2.70. The minimum atomic E-state index is -0.696. The van der Waals surface area contributed by atoms with Gasteiger partial charge in [0.1, 0.15) is 5.75 Å². The fourth-order valence-electron chi connectivity index (χ4n) is 2.31. The zero-order valence-corrected chi connectivity index (χ0v) is 15.2. The first-order valence-electron chi connectivity index (χ1n) is 8.56. The number of ketones is 1. The third kappa shape index (κ3) is 5.91. The first kappa shape index (κ1) is 20.1. The largest absolute Gasteiger partial charge is 0.482 e. The van der Waals surface area contributed by atoms with Crippen LogP contribution >= 0.6 is 0 Å². The van der Waals surface area contributed by atoms with Crippen molar-refractivity contribution in [1.82, 2.24) is 0 Å². The highest BCUT2D eigenvalue weighted by Gasteiger charge is 2.12. The summed E-state index contributed by atoms with van der Waals surface area (Å²) in [4.78, 5) is 33.8. The molecule has 27 heavy (non-hydrogen) atoms. The third-order valence-electron chi connectivity index (χ3n) is 4.18. The van der Waals surface area contributed by atoms with Crippen LogP contribution in [0.15, 0.2) is 48.5 Å². The molecule has 0 unspecified atom stereocenters. The van der Waals surface area contributed by atoms with Crippen molar-refractivity contribution in [2.24, 2.45) is 0 Å². The van der Waals surface area contributed by atoms with Crippen LogP contribution in [0, 0.1) is 10.1 Å². The number of carbonyl (C=O) groups is 2. The van der Waals surface area contributed by atoms with Gasteiger partial charge >= 0.3 is 5.97 Å².